The maximum absolute atomic E-state index is 11.8. The molecule has 0 aliphatic carbocycles. The van der Waals surface area contributed by atoms with Crippen molar-refractivity contribution in [1.29, 1.82) is 0 Å². The number of aromatic nitrogens is 1. The Morgan fingerprint density at radius 1 is 1.25 bits per heavy atom. The molecule has 1 amide bonds. The zero-order valence-electron chi connectivity index (χ0n) is 11.0. The van der Waals surface area contributed by atoms with Gasteiger partial charge in [0.15, 0.2) is 0 Å². The van der Waals surface area contributed by atoms with E-state index in [1.807, 2.05) is 31.2 Å². The standard InChI is InChI=1S/C15H14N2O3/c1-10-3-2-4-11(7-10)8-14(18)17-13-6-5-12(9-16-13)15(19)20/h2-7,9H,8H2,1H3,(H,19,20)(H,16,17,18). The van der Waals surface area contributed by atoms with Crippen molar-refractivity contribution in [3.05, 3.63) is 59.3 Å². The lowest BCUT2D eigenvalue weighted by molar-refractivity contribution is -0.115. The fraction of sp³-hybridized carbons (Fsp3) is 0.133. The van der Waals surface area contributed by atoms with Crippen LogP contribution in [0.15, 0.2) is 42.6 Å². The van der Waals surface area contributed by atoms with Crippen molar-refractivity contribution < 1.29 is 14.7 Å². The van der Waals surface area contributed by atoms with Crippen LogP contribution >= 0.6 is 0 Å². The van der Waals surface area contributed by atoms with Gasteiger partial charge in [-0.15, -0.1) is 0 Å². The summed E-state index contributed by atoms with van der Waals surface area (Å²) in [6.45, 7) is 1.97. The van der Waals surface area contributed by atoms with Crippen molar-refractivity contribution in [2.24, 2.45) is 0 Å². The van der Waals surface area contributed by atoms with E-state index >= 15 is 0 Å². The van der Waals surface area contributed by atoms with Gasteiger partial charge in [0.1, 0.15) is 5.82 Å². The zero-order chi connectivity index (χ0) is 14.5. The van der Waals surface area contributed by atoms with Crippen molar-refractivity contribution in [3.63, 3.8) is 0 Å². The first kappa shape index (κ1) is 13.7. The normalized spacial score (nSPS) is 10.1. The van der Waals surface area contributed by atoms with Gasteiger partial charge in [0.25, 0.3) is 0 Å². The average Bonchev–Trinajstić information content (AvgIpc) is 2.39. The molecule has 2 N–H and O–H groups in total. The Morgan fingerprint density at radius 2 is 2.05 bits per heavy atom. The number of carboxylic acids is 1. The molecule has 0 aliphatic heterocycles. The summed E-state index contributed by atoms with van der Waals surface area (Å²) >= 11 is 0. The minimum atomic E-state index is -1.05. The number of anilines is 1. The van der Waals surface area contributed by atoms with Crippen LogP contribution in [-0.2, 0) is 11.2 Å². The Hall–Kier alpha value is -2.69. The van der Waals surface area contributed by atoms with E-state index in [0.717, 1.165) is 11.1 Å². The number of carbonyl (C=O) groups is 2. The Kier molecular flexibility index (Phi) is 4.10. The van der Waals surface area contributed by atoms with Gasteiger partial charge in [0, 0.05) is 6.20 Å². The van der Waals surface area contributed by atoms with Crippen LogP contribution in [0.25, 0.3) is 0 Å². The largest absolute Gasteiger partial charge is 0.478 e. The summed E-state index contributed by atoms with van der Waals surface area (Å²) in [4.78, 5) is 26.4. The van der Waals surface area contributed by atoms with E-state index in [2.05, 4.69) is 10.3 Å². The highest BCUT2D eigenvalue weighted by molar-refractivity contribution is 5.92. The van der Waals surface area contributed by atoms with Crippen LogP contribution in [0.2, 0.25) is 0 Å². The van der Waals surface area contributed by atoms with Gasteiger partial charge in [-0.2, -0.15) is 0 Å². The molecule has 102 valence electrons. The monoisotopic (exact) mass is 270 g/mol. The molecular weight excluding hydrogens is 256 g/mol. The van der Waals surface area contributed by atoms with Crippen LogP contribution in [0.3, 0.4) is 0 Å². The van der Waals surface area contributed by atoms with Gasteiger partial charge >= 0.3 is 5.97 Å². The second-order valence-corrected chi connectivity index (χ2v) is 4.45. The van der Waals surface area contributed by atoms with Gasteiger partial charge in [-0.05, 0) is 24.6 Å². The van der Waals surface area contributed by atoms with Crippen molar-refractivity contribution in [1.82, 2.24) is 4.98 Å². The lowest BCUT2D eigenvalue weighted by atomic mass is 10.1. The molecule has 0 aliphatic rings. The summed E-state index contributed by atoms with van der Waals surface area (Å²) in [7, 11) is 0. The number of carboxylic acid groups (broad SMARTS) is 1. The average molecular weight is 270 g/mol. The number of aryl methyl sites for hydroxylation is 1. The highest BCUT2D eigenvalue weighted by Crippen LogP contribution is 2.08. The minimum Gasteiger partial charge on any atom is -0.478 e. The summed E-state index contributed by atoms with van der Waals surface area (Å²) in [6, 6.07) is 10.6. The van der Waals surface area contributed by atoms with E-state index in [9.17, 15) is 9.59 Å². The molecule has 1 aromatic heterocycles. The highest BCUT2D eigenvalue weighted by atomic mass is 16.4. The number of amides is 1. The van der Waals surface area contributed by atoms with Gasteiger partial charge < -0.3 is 10.4 Å². The molecule has 5 heteroatoms. The molecular formula is C15H14N2O3. The van der Waals surface area contributed by atoms with Crippen LogP contribution in [0.5, 0.6) is 0 Å². The van der Waals surface area contributed by atoms with E-state index in [1.165, 1.54) is 18.3 Å². The molecule has 5 nitrogen and oxygen atoms in total. The third-order valence-corrected chi connectivity index (χ3v) is 2.73. The first-order chi connectivity index (χ1) is 9.54. The molecule has 2 rings (SSSR count). The predicted molar refractivity (Wildman–Crippen MR) is 74.7 cm³/mol. The number of rotatable bonds is 4. The zero-order valence-corrected chi connectivity index (χ0v) is 11.0. The summed E-state index contributed by atoms with van der Waals surface area (Å²) < 4.78 is 0. The fourth-order valence-electron chi connectivity index (χ4n) is 1.79. The summed E-state index contributed by atoms with van der Waals surface area (Å²) in [5.74, 6) is -0.894. The van der Waals surface area contributed by atoms with Gasteiger partial charge in [0.05, 0.1) is 12.0 Å². The van der Waals surface area contributed by atoms with E-state index < -0.39 is 5.97 Å². The molecule has 0 saturated carbocycles. The third-order valence-electron chi connectivity index (χ3n) is 2.73. The molecule has 2 aromatic rings. The second-order valence-electron chi connectivity index (χ2n) is 4.45. The summed E-state index contributed by atoms with van der Waals surface area (Å²) in [5, 5.41) is 11.4. The number of nitrogens with one attached hydrogen (secondary N) is 1. The minimum absolute atomic E-state index is 0.0849. The molecule has 0 radical (unpaired) electrons. The van der Waals surface area contributed by atoms with Gasteiger partial charge in [-0.25, -0.2) is 9.78 Å². The van der Waals surface area contributed by atoms with Crippen molar-refractivity contribution in [2.75, 3.05) is 5.32 Å². The van der Waals surface area contributed by atoms with Crippen molar-refractivity contribution in [3.8, 4) is 0 Å². The van der Waals surface area contributed by atoms with Crippen molar-refractivity contribution in [2.45, 2.75) is 13.3 Å². The Bertz CT molecular complexity index is 636. The fourth-order valence-corrected chi connectivity index (χ4v) is 1.79. The smallest absolute Gasteiger partial charge is 0.337 e. The first-order valence-electron chi connectivity index (χ1n) is 6.09. The molecule has 0 spiro atoms. The van der Waals surface area contributed by atoms with Gasteiger partial charge in [-0.1, -0.05) is 29.8 Å². The molecule has 0 fully saturated rings. The number of hydrogen-bond acceptors (Lipinski definition) is 3. The molecule has 0 atom stereocenters. The van der Waals surface area contributed by atoms with Crippen LogP contribution in [0.4, 0.5) is 5.82 Å². The van der Waals surface area contributed by atoms with Gasteiger partial charge in [-0.3, -0.25) is 4.79 Å². The summed E-state index contributed by atoms with van der Waals surface area (Å²) in [5.41, 5.74) is 2.10. The van der Waals surface area contributed by atoms with Gasteiger partial charge in [0.2, 0.25) is 5.91 Å². The van der Waals surface area contributed by atoms with Crippen LogP contribution in [0, 0.1) is 6.92 Å². The van der Waals surface area contributed by atoms with E-state index in [4.69, 9.17) is 5.11 Å². The van der Waals surface area contributed by atoms with E-state index in [-0.39, 0.29) is 17.9 Å². The number of pyridine rings is 1. The number of carbonyl (C=O) groups excluding carboxylic acids is 1. The Labute approximate surface area is 116 Å². The molecule has 0 bridgehead atoms. The quantitative estimate of drug-likeness (QED) is 0.893. The Morgan fingerprint density at radius 3 is 2.65 bits per heavy atom. The lowest BCUT2D eigenvalue weighted by Crippen LogP contribution is -2.15. The van der Waals surface area contributed by atoms with Crippen LogP contribution < -0.4 is 5.32 Å². The molecule has 1 aromatic carbocycles. The molecule has 20 heavy (non-hydrogen) atoms. The van der Waals surface area contributed by atoms with Crippen LogP contribution in [0.1, 0.15) is 21.5 Å². The maximum atomic E-state index is 11.8. The second kappa shape index (κ2) is 5.97. The number of aromatic carboxylic acids is 1. The number of hydrogen-bond donors (Lipinski definition) is 2. The Balaban J connectivity index is 1.99. The predicted octanol–water partition coefficient (Wildman–Crippen LogP) is 2.27. The highest BCUT2D eigenvalue weighted by Gasteiger charge is 2.07. The maximum Gasteiger partial charge on any atom is 0.337 e. The molecule has 1 heterocycles. The van der Waals surface area contributed by atoms with E-state index in [1.54, 1.807) is 0 Å². The SMILES string of the molecule is Cc1cccc(CC(=O)Nc2ccc(C(=O)O)cn2)c1. The number of benzene rings is 1. The van der Waals surface area contributed by atoms with Crippen molar-refractivity contribution >= 4 is 17.7 Å². The van der Waals surface area contributed by atoms with Crippen LogP contribution in [-0.4, -0.2) is 22.0 Å². The third kappa shape index (κ3) is 3.65. The number of nitrogens with zero attached hydrogens (tertiary/aromatic N) is 1. The lowest BCUT2D eigenvalue weighted by Gasteiger charge is -2.05. The first-order valence-corrected chi connectivity index (χ1v) is 6.09. The van der Waals surface area contributed by atoms with E-state index in [0.29, 0.717) is 5.82 Å². The molecule has 0 saturated heterocycles. The summed E-state index contributed by atoms with van der Waals surface area (Å²) in [6.07, 6.45) is 1.47. The topological polar surface area (TPSA) is 79.3 Å². The molecule has 0 unspecified atom stereocenters.